The SMILES string of the molecule is COc1ccc([C@@H]2Oc3c(OC)cccc3[C@@H]3CC(c4ccco4)=NN32)cc1Br. The summed E-state index contributed by atoms with van der Waals surface area (Å²) in [4.78, 5) is 0. The number of methoxy groups -OCH3 is 2. The molecular formula is C22H19BrN2O4. The molecule has 0 fully saturated rings. The smallest absolute Gasteiger partial charge is 0.214 e. The van der Waals surface area contributed by atoms with Gasteiger partial charge in [0.05, 0.1) is 31.0 Å². The fourth-order valence-electron chi connectivity index (χ4n) is 3.89. The van der Waals surface area contributed by atoms with Gasteiger partial charge in [0.1, 0.15) is 17.2 Å². The molecule has 29 heavy (non-hydrogen) atoms. The lowest BCUT2D eigenvalue weighted by molar-refractivity contribution is -0.0209. The monoisotopic (exact) mass is 454 g/mol. The molecule has 0 radical (unpaired) electrons. The summed E-state index contributed by atoms with van der Waals surface area (Å²) in [5.74, 6) is 3.01. The van der Waals surface area contributed by atoms with E-state index in [4.69, 9.17) is 23.7 Å². The number of para-hydroxylation sites is 1. The summed E-state index contributed by atoms with van der Waals surface area (Å²) < 4.78 is 23.9. The predicted octanol–water partition coefficient (Wildman–Crippen LogP) is 5.30. The molecule has 0 spiro atoms. The minimum absolute atomic E-state index is 0.0276. The largest absolute Gasteiger partial charge is 0.496 e. The fourth-order valence-corrected chi connectivity index (χ4v) is 4.45. The summed E-state index contributed by atoms with van der Waals surface area (Å²) in [5, 5.41) is 6.89. The lowest BCUT2D eigenvalue weighted by Gasteiger charge is -2.38. The van der Waals surface area contributed by atoms with Crippen LogP contribution < -0.4 is 14.2 Å². The highest BCUT2D eigenvalue weighted by Gasteiger charge is 2.42. The Kier molecular flexibility index (Phi) is 4.47. The molecule has 0 bridgehead atoms. The van der Waals surface area contributed by atoms with Gasteiger partial charge in [-0.25, -0.2) is 5.01 Å². The summed E-state index contributed by atoms with van der Waals surface area (Å²) in [7, 11) is 3.30. The van der Waals surface area contributed by atoms with Crippen LogP contribution >= 0.6 is 15.9 Å². The van der Waals surface area contributed by atoms with Gasteiger partial charge in [-0.1, -0.05) is 12.1 Å². The Bertz CT molecular complexity index is 1080. The molecule has 0 N–H and O–H groups in total. The second-order valence-electron chi connectivity index (χ2n) is 6.87. The van der Waals surface area contributed by atoms with E-state index in [2.05, 4.69) is 22.0 Å². The Hall–Kier alpha value is -2.93. The average Bonchev–Trinajstić information content (AvgIpc) is 3.42. The third kappa shape index (κ3) is 2.97. The number of benzene rings is 2. The Morgan fingerprint density at radius 1 is 1.07 bits per heavy atom. The van der Waals surface area contributed by atoms with Crippen LogP contribution in [0.3, 0.4) is 0 Å². The number of rotatable bonds is 4. The van der Waals surface area contributed by atoms with Crippen molar-refractivity contribution in [2.75, 3.05) is 14.2 Å². The summed E-state index contributed by atoms with van der Waals surface area (Å²) in [6, 6.07) is 15.7. The molecule has 3 heterocycles. The number of hydrazone groups is 1. The highest BCUT2D eigenvalue weighted by Crippen LogP contribution is 2.51. The van der Waals surface area contributed by atoms with Crippen LogP contribution in [0.5, 0.6) is 17.2 Å². The van der Waals surface area contributed by atoms with E-state index in [0.717, 1.165) is 45.0 Å². The van der Waals surface area contributed by atoms with E-state index in [0.29, 0.717) is 5.75 Å². The lowest BCUT2D eigenvalue weighted by atomic mass is 9.97. The summed E-state index contributed by atoms with van der Waals surface area (Å²) in [6.07, 6.45) is 1.99. The van der Waals surface area contributed by atoms with Gasteiger partial charge in [0, 0.05) is 17.5 Å². The molecule has 7 heteroatoms. The molecule has 0 unspecified atom stereocenters. The molecular weight excluding hydrogens is 436 g/mol. The third-order valence-corrected chi connectivity index (χ3v) is 5.89. The first-order chi connectivity index (χ1) is 14.2. The van der Waals surface area contributed by atoms with Crippen LogP contribution in [0.1, 0.15) is 35.6 Å². The van der Waals surface area contributed by atoms with Crippen LogP contribution in [0.15, 0.2) is 68.8 Å². The zero-order chi connectivity index (χ0) is 20.0. The average molecular weight is 455 g/mol. The van der Waals surface area contributed by atoms with Gasteiger partial charge in [0.25, 0.3) is 0 Å². The van der Waals surface area contributed by atoms with Gasteiger partial charge in [-0.15, -0.1) is 0 Å². The number of hydrogen-bond acceptors (Lipinski definition) is 6. The van der Waals surface area contributed by atoms with Crippen LogP contribution in [-0.2, 0) is 0 Å². The van der Waals surface area contributed by atoms with Crippen molar-refractivity contribution < 1.29 is 18.6 Å². The van der Waals surface area contributed by atoms with Crippen molar-refractivity contribution >= 4 is 21.6 Å². The standard InChI is InChI=1S/C22H19BrN2O4/c1-26-18-9-8-13(11-15(18)23)22-25-17(12-16(24-25)19-7-4-10-28-19)14-5-3-6-20(27-2)21(14)29-22/h3-11,17,22H,12H2,1-2H3/t17-,22-/m0/s1. The van der Waals surface area contributed by atoms with Crippen LogP contribution in [-0.4, -0.2) is 24.9 Å². The number of furan rings is 1. The van der Waals surface area contributed by atoms with Gasteiger partial charge in [0.15, 0.2) is 11.5 Å². The summed E-state index contributed by atoms with van der Waals surface area (Å²) >= 11 is 3.58. The van der Waals surface area contributed by atoms with E-state index >= 15 is 0 Å². The Morgan fingerprint density at radius 3 is 2.66 bits per heavy atom. The van der Waals surface area contributed by atoms with Crippen molar-refractivity contribution in [1.82, 2.24) is 5.01 Å². The second-order valence-corrected chi connectivity index (χ2v) is 7.72. The minimum Gasteiger partial charge on any atom is -0.496 e. The number of nitrogens with zero attached hydrogens (tertiary/aromatic N) is 2. The van der Waals surface area contributed by atoms with Gasteiger partial charge in [-0.3, -0.25) is 0 Å². The van der Waals surface area contributed by atoms with E-state index in [-0.39, 0.29) is 6.04 Å². The molecule has 0 saturated heterocycles. The number of ether oxygens (including phenoxy) is 3. The number of fused-ring (bicyclic) bond motifs is 3. The van der Waals surface area contributed by atoms with Crippen molar-refractivity contribution in [3.8, 4) is 17.2 Å². The van der Waals surface area contributed by atoms with E-state index in [9.17, 15) is 0 Å². The molecule has 6 nitrogen and oxygen atoms in total. The number of halogens is 1. The molecule has 0 saturated carbocycles. The molecule has 5 rings (SSSR count). The highest BCUT2D eigenvalue weighted by atomic mass is 79.9. The van der Waals surface area contributed by atoms with Gasteiger partial charge in [-0.2, -0.15) is 5.10 Å². The zero-order valence-corrected chi connectivity index (χ0v) is 17.5. The zero-order valence-electron chi connectivity index (χ0n) is 16.0. The molecule has 2 atom stereocenters. The van der Waals surface area contributed by atoms with E-state index in [1.807, 2.05) is 47.5 Å². The molecule has 1 aromatic heterocycles. The van der Waals surface area contributed by atoms with E-state index in [1.165, 1.54) is 0 Å². The maximum atomic E-state index is 6.45. The molecule has 3 aromatic rings. The maximum Gasteiger partial charge on any atom is 0.214 e. The van der Waals surface area contributed by atoms with Crippen molar-refractivity contribution in [3.63, 3.8) is 0 Å². The molecule has 0 aliphatic carbocycles. The first kappa shape index (κ1) is 18.1. The molecule has 2 aliphatic heterocycles. The summed E-state index contributed by atoms with van der Waals surface area (Å²) in [5.41, 5.74) is 2.92. The third-order valence-electron chi connectivity index (χ3n) is 5.27. The Balaban J connectivity index is 1.62. The topological polar surface area (TPSA) is 56.4 Å². The van der Waals surface area contributed by atoms with Crippen LogP contribution in [0.25, 0.3) is 0 Å². The summed E-state index contributed by atoms with van der Waals surface area (Å²) in [6.45, 7) is 0. The van der Waals surface area contributed by atoms with Crippen LogP contribution in [0.4, 0.5) is 0 Å². The minimum atomic E-state index is -0.404. The van der Waals surface area contributed by atoms with Gasteiger partial charge >= 0.3 is 0 Å². The molecule has 148 valence electrons. The first-order valence-corrected chi connectivity index (χ1v) is 10.1. The molecule has 0 amide bonds. The van der Waals surface area contributed by atoms with E-state index in [1.54, 1.807) is 20.5 Å². The second kappa shape index (κ2) is 7.15. The van der Waals surface area contributed by atoms with Crippen molar-refractivity contribution in [2.45, 2.75) is 18.7 Å². The highest BCUT2D eigenvalue weighted by molar-refractivity contribution is 9.10. The number of hydrogen-bond donors (Lipinski definition) is 0. The van der Waals surface area contributed by atoms with Crippen molar-refractivity contribution in [1.29, 1.82) is 0 Å². The van der Waals surface area contributed by atoms with Crippen LogP contribution in [0.2, 0.25) is 0 Å². The van der Waals surface area contributed by atoms with Gasteiger partial charge < -0.3 is 18.6 Å². The fraction of sp³-hybridized carbons (Fsp3) is 0.227. The quantitative estimate of drug-likeness (QED) is 0.535. The maximum absolute atomic E-state index is 6.45. The molecule has 2 aromatic carbocycles. The van der Waals surface area contributed by atoms with Gasteiger partial charge in [0.2, 0.25) is 6.23 Å². The first-order valence-electron chi connectivity index (χ1n) is 9.26. The van der Waals surface area contributed by atoms with Crippen molar-refractivity contribution in [3.05, 3.63) is 76.2 Å². The van der Waals surface area contributed by atoms with Crippen molar-refractivity contribution in [2.24, 2.45) is 5.10 Å². The van der Waals surface area contributed by atoms with Gasteiger partial charge in [-0.05, 0) is 52.3 Å². The lowest BCUT2D eigenvalue weighted by Crippen LogP contribution is -2.33. The normalized spacial score (nSPS) is 19.8. The van der Waals surface area contributed by atoms with Crippen LogP contribution in [0, 0.1) is 0 Å². The Morgan fingerprint density at radius 2 is 1.93 bits per heavy atom. The Labute approximate surface area is 176 Å². The predicted molar refractivity (Wildman–Crippen MR) is 111 cm³/mol. The molecule has 2 aliphatic rings. The van der Waals surface area contributed by atoms with E-state index < -0.39 is 6.23 Å².